The molecule has 1 atom stereocenters. The van der Waals surface area contributed by atoms with E-state index >= 15 is 0 Å². The highest BCUT2D eigenvalue weighted by Gasteiger charge is 2.21. The molecule has 2 N–H and O–H groups in total. The molecule has 1 aromatic carbocycles. The molecule has 0 aliphatic carbocycles. The lowest BCUT2D eigenvalue weighted by Crippen LogP contribution is -2.46. The van der Waals surface area contributed by atoms with Crippen molar-refractivity contribution in [3.63, 3.8) is 0 Å². The van der Waals surface area contributed by atoms with Crippen molar-refractivity contribution in [3.8, 4) is 0 Å². The summed E-state index contributed by atoms with van der Waals surface area (Å²) in [5.41, 5.74) is 2.59. The van der Waals surface area contributed by atoms with E-state index in [2.05, 4.69) is 48.3 Å². The van der Waals surface area contributed by atoms with Gasteiger partial charge in [-0.2, -0.15) is 0 Å². The number of hydrogen-bond donors (Lipinski definition) is 2. The maximum Gasteiger partial charge on any atom is 0.0628 e. The van der Waals surface area contributed by atoms with Gasteiger partial charge in [-0.05, 0) is 17.0 Å². The largest absolute Gasteiger partial charge is 0.394 e. The molecule has 1 heterocycles. The van der Waals surface area contributed by atoms with E-state index in [0.717, 1.165) is 26.2 Å². The second-order valence-corrected chi connectivity index (χ2v) is 5.31. The third kappa shape index (κ3) is 4.18. The molecule has 1 fully saturated rings. The normalized spacial score (nSPS) is 18.1. The van der Waals surface area contributed by atoms with Gasteiger partial charge in [0.25, 0.3) is 0 Å². The number of benzene rings is 1. The molecule has 0 spiro atoms. The molecule has 4 heteroatoms. The first-order chi connectivity index (χ1) is 8.72. The van der Waals surface area contributed by atoms with Gasteiger partial charge in [-0.25, -0.2) is 0 Å². The number of rotatable bonds is 4. The minimum Gasteiger partial charge on any atom is -0.394 e. The molecule has 108 valence electrons. The van der Waals surface area contributed by atoms with Crippen LogP contribution in [0.15, 0.2) is 24.3 Å². The zero-order valence-electron chi connectivity index (χ0n) is 11.8. The van der Waals surface area contributed by atoms with Gasteiger partial charge in [0.15, 0.2) is 0 Å². The molecular formula is C15H25ClN2O. The Morgan fingerprint density at radius 3 is 2.42 bits per heavy atom. The van der Waals surface area contributed by atoms with E-state index in [1.54, 1.807) is 0 Å². The molecule has 0 saturated carbocycles. The molecule has 0 aromatic heterocycles. The first-order valence-electron chi connectivity index (χ1n) is 6.88. The number of nitrogens with one attached hydrogen (secondary N) is 1. The van der Waals surface area contributed by atoms with Gasteiger partial charge in [0, 0.05) is 26.2 Å². The standard InChI is InChI=1S/C15H24N2O.ClH/c1-12(2)13-4-3-5-14(10-13)15(11-18)17-8-6-16-7-9-17;/h3-5,10,12,15-16,18H,6-9,11H2,1-2H3;1H/t15-;/m1./s1. The summed E-state index contributed by atoms with van der Waals surface area (Å²) in [6.07, 6.45) is 0. The third-order valence-corrected chi connectivity index (χ3v) is 3.73. The maximum atomic E-state index is 9.70. The SMILES string of the molecule is CC(C)c1cccc([C@@H](CO)N2CCNCC2)c1.Cl. The van der Waals surface area contributed by atoms with Gasteiger partial charge in [0.05, 0.1) is 12.6 Å². The van der Waals surface area contributed by atoms with Crippen LogP contribution >= 0.6 is 12.4 Å². The van der Waals surface area contributed by atoms with E-state index in [4.69, 9.17) is 0 Å². The molecule has 0 amide bonds. The Morgan fingerprint density at radius 2 is 1.84 bits per heavy atom. The highest BCUT2D eigenvalue weighted by atomic mass is 35.5. The van der Waals surface area contributed by atoms with Crippen molar-refractivity contribution < 1.29 is 5.11 Å². The van der Waals surface area contributed by atoms with Gasteiger partial charge < -0.3 is 10.4 Å². The number of nitrogens with zero attached hydrogens (tertiary/aromatic N) is 1. The molecule has 1 aliphatic rings. The van der Waals surface area contributed by atoms with E-state index in [1.807, 2.05) is 0 Å². The van der Waals surface area contributed by atoms with Crippen molar-refractivity contribution in [1.82, 2.24) is 10.2 Å². The first-order valence-corrected chi connectivity index (χ1v) is 6.88. The van der Waals surface area contributed by atoms with Crippen molar-refractivity contribution in [2.75, 3.05) is 32.8 Å². The van der Waals surface area contributed by atoms with Crippen molar-refractivity contribution in [2.45, 2.75) is 25.8 Å². The molecule has 1 saturated heterocycles. The Kier molecular flexibility index (Phi) is 6.80. The van der Waals surface area contributed by atoms with E-state index in [9.17, 15) is 5.11 Å². The maximum absolute atomic E-state index is 9.70. The van der Waals surface area contributed by atoms with Gasteiger partial charge in [-0.1, -0.05) is 38.1 Å². The topological polar surface area (TPSA) is 35.5 Å². The third-order valence-electron chi connectivity index (χ3n) is 3.73. The number of halogens is 1. The minimum absolute atomic E-state index is 0. The van der Waals surface area contributed by atoms with Crippen molar-refractivity contribution in [2.24, 2.45) is 0 Å². The fourth-order valence-corrected chi connectivity index (χ4v) is 2.55. The van der Waals surface area contributed by atoms with Crippen LogP contribution < -0.4 is 5.32 Å². The Morgan fingerprint density at radius 1 is 1.21 bits per heavy atom. The summed E-state index contributed by atoms with van der Waals surface area (Å²) in [4.78, 5) is 2.37. The van der Waals surface area contributed by atoms with Crippen LogP contribution in [-0.2, 0) is 0 Å². The van der Waals surface area contributed by atoms with E-state index in [1.165, 1.54) is 11.1 Å². The van der Waals surface area contributed by atoms with Crippen LogP contribution in [-0.4, -0.2) is 42.8 Å². The fourth-order valence-electron chi connectivity index (χ4n) is 2.55. The summed E-state index contributed by atoms with van der Waals surface area (Å²) in [6, 6.07) is 8.80. The van der Waals surface area contributed by atoms with Gasteiger partial charge in [0.2, 0.25) is 0 Å². The quantitative estimate of drug-likeness (QED) is 0.890. The summed E-state index contributed by atoms with van der Waals surface area (Å²) in [6.45, 7) is 8.66. The van der Waals surface area contributed by atoms with Crippen LogP contribution in [0, 0.1) is 0 Å². The molecule has 1 aromatic rings. The summed E-state index contributed by atoms with van der Waals surface area (Å²) >= 11 is 0. The molecule has 19 heavy (non-hydrogen) atoms. The second-order valence-electron chi connectivity index (χ2n) is 5.31. The molecule has 0 radical (unpaired) electrons. The van der Waals surface area contributed by atoms with E-state index in [-0.39, 0.29) is 25.1 Å². The lowest BCUT2D eigenvalue weighted by molar-refractivity contribution is 0.111. The molecule has 0 bridgehead atoms. The smallest absolute Gasteiger partial charge is 0.0628 e. The van der Waals surface area contributed by atoms with Crippen molar-refractivity contribution in [3.05, 3.63) is 35.4 Å². The highest BCUT2D eigenvalue weighted by Crippen LogP contribution is 2.24. The van der Waals surface area contributed by atoms with E-state index < -0.39 is 0 Å². The van der Waals surface area contributed by atoms with Gasteiger partial charge >= 0.3 is 0 Å². The number of hydrogen-bond acceptors (Lipinski definition) is 3. The van der Waals surface area contributed by atoms with E-state index in [0.29, 0.717) is 5.92 Å². The number of piperazine rings is 1. The van der Waals surface area contributed by atoms with Crippen LogP contribution in [0.5, 0.6) is 0 Å². The average molecular weight is 285 g/mol. The van der Waals surface area contributed by atoms with Crippen LogP contribution in [0.3, 0.4) is 0 Å². The first kappa shape index (κ1) is 16.4. The Labute approximate surface area is 122 Å². The van der Waals surface area contributed by atoms with Gasteiger partial charge in [0.1, 0.15) is 0 Å². The highest BCUT2D eigenvalue weighted by molar-refractivity contribution is 5.85. The lowest BCUT2D eigenvalue weighted by Gasteiger charge is -2.34. The Balaban J connectivity index is 0.00000180. The molecular weight excluding hydrogens is 260 g/mol. The predicted molar refractivity (Wildman–Crippen MR) is 82.0 cm³/mol. The Bertz CT molecular complexity index is 378. The van der Waals surface area contributed by atoms with Crippen molar-refractivity contribution in [1.29, 1.82) is 0 Å². The zero-order valence-corrected chi connectivity index (χ0v) is 12.6. The van der Waals surface area contributed by atoms with Crippen LogP contribution in [0.4, 0.5) is 0 Å². The van der Waals surface area contributed by atoms with Crippen molar-refractivity contribution >= 4 is 12.4 Å². The summed E-state index contributed by atoms with van der Waals surface area (Å²) < 4.78 is 0. The molecule has 3 nitrogen and oxygen atoms in total. The Hall–Kier alpha value is -0.610. The molecule has 1 aliphatic heterocycles. The lowest BCUT2D eigenvalue weighted by atomic mass is 9.97. The van der Waals surface area contributed by atoms with Crippen LogP contribution in [0.25, 0.3) is 0 Å². The summed E-state index contributed by atoms with van der Waals surface area (Å²) in [7, 11) is 0. The number of aliphatic hydroxyl groups excluding tert-OH is 1. The average Bonchev–Trinajstić information content (AvgIpc) is 2.41. The van der Waals surface area contributed by atoms with Gasteiger partial charge in [-0.15, -0.1) is 12.4 Å². The van der Waals surface area contributed by atoms with Crippen LogP contribution in [0.2, 0.25) is 0 Å². The monoisotopic (exact) mass is 284 g/mol. The zero-order chi connectivity index (χ0) is 13.0. The second kappa shape index (κ2) is 7.85. The van der Waals surface area contributed by atoms with Gasteiger partial charge in [-0.3, -0.25) is 4.90 Å². The minimum atomic E-state index is 0. The summed E-state index contributed by atoms with van der Waals surface area (Å²) in [5.74, 6) is 0.535. The number of aliphatic hydroxyl groups is 1. The fraction of sp³-hybridized carbons (Fsp3) is 0.600. The van der Waals surface area contributed by atoms with Crippen LogP contribution in [0.1, 0.15) is 36.9 Å². The summed E-state index contributed by atoms with van der Waals surface area (Å²) in [5, 5.41) is 13.1. The molecule has 0 unspecified atom stereocenters. The molecule has 2 rings (SSSR count). The predicted octanol–water partition coefficient (Wildman–Crippen LogP) is 2.17.